The molecule has 0 unspecified atom stereocenters. The number of halogens is 1. The van der Waals surface area contributed by atoms with E-state index in [1.165, 1.54) is 24.8 Å². The van der Waals surface area contributed by atoms with Crippen molar-refractivity contribution in [1.29, 1.82) is 0 Å². The zero-order chi connectivity index (χ0) is 18.6. The topological polar surface area (TPSA) is 99.6 Å². The Kier molecular flexibility index (Phi) is 5.64. The van der Waals surface area contributed by atoms with E-state index in [9.17, 15) is 4.79 Å². The highest BCUT2D eigenvalue weighted by molar-refractivity contribution is 6.15. The highest BCUT2D eigenvalue weighted by atomic mass is 35.5. The molecule has 0 bridgehead atoms. The van der Waals surface area contributed by atoms with E-state index in [0.29, 0.717) is 23.0 Å². The third-order valence-electron chi connectivity index (χ3n) is 4.84. The van der Waals surface area contributed by atoms with Crippen molar-refractivity contribution in [1.82, 2.24) is 20.3 Å². The van der Waals surface area contributed by atoms with Gasteiger partial charge in [-0.3, -0.25) is 9.78 Å². The molecule has 0 atom stereocenters. The van der Waals surface area contributed by atoms with Crippen molar-refractivity contribution in [2.45, 2.75) is 25.8 Å². The summed E-state index contributed by atoms with van der Waals surface area (Å²) in [6.07, 6.45) is 6.91. The number of rotatable bonds is 6. The molecule has 1 aromatic carbocycles. The lowest BCUT2D eigenvalue weighted by atomic mass is 9.96. The number of H-pyrrole nitrogens is 2. The molecule has 138 valence electrons. The largest absolute Gasteiger partial charge is 0.369 e. The first kappa shape index (κ1) is 18.5. The molecule has 0 aliphatic heterocycles. The molecule has 1 aliphatic rings. The fourth-order valence-corrected chi connectivity index (χ4v) is 3.34. The fourth-order valence-electron chi connectivity index (χ4n) is 3.34. The van der Waals surface area contributed by atoms with Gasteiger partial charge in [-0.25, -0.2) is 0 Å². The van der Waals surface area contributed by atoms with Crippen molar-refractivity contribution in [3.63, 3.8) is 0 Å². The summed E-state index contributed by atoms with van der Waals surface area (Å²) in [5.74, 6) is 0.133. The van der Waals surface area contributed by atoms with E-state index in [4.69, 9.17) is 5.73 Å². The molecule has 6 nitrogen and oxygen atoms in total. The molecule has 2 heterocycles. The number of benzene rings is 1. The average Bonchev–Trinajstić information content (AvgIpc) is 3.27. The number of fused-ring (bicyclic) bond motifs is 1. The predicted molar refractivity (Wildman–Crippen MR) is 106 cm³/mol. The van der Waals surface area contributed by atoms with Gasteiger partial charge in [0, 0.05) is 25.7 Å². The van der Waals surface area contributed by atoms with Crippen LogP contribution in [0.3, 0.4) is 0 Å². The molecular weight excluding hydrogens is 350 g/mol. The number of hydrogen-bond acceptors (Lipinski definition) is 4. The maximum absolute atomic E-state index is 12.1. The number of anilines is 1. The van der Waals surface area contributed by atoms with Gasteiger partial charge in [0.1, 0.15) is 5.65 Å². The van der Waals surface area contributed by atoms with Crippen molar-refractivity contribution in [3.8, 4) is 0 Å². The van der Waals surface area contributed by atoms with E-state index in [2.05, 4.69) is 62.2 Å². The van der Waals surface area contributed by atoms with Crippen molar-refractivity contribution in [2.24, 2.45) is 5.41 Å². The maximum atomic E-state index is 12.1. The van der Waals surface area contributed by atoms with Crippen molar-refractivity contribution < 1.29 is 0 Å². The molecular formula is C19H24ClN5O. The molecule has 26 heavy (non-hydrogen) atoms. The number of aromatic nitrogens is 3. The van der Waals surface area contributed by atoms with Crippen LogP contribution in [0.1, 0.15) is 24.0 Å². The number of nitrogens with one attached hydrogen (secondary N) is 3. The van der Waals surface area contributed by atoms with Gasteiger partial charge in [0.25, 0.3) is 5.56 Å². The van der Waals surface area contributed by atoms with Crippen LogP contribution in [0, 0.1) is 5.41 Å². The lowest BCUT2D eigenvalue weighted by Crippen LogP contribution is -2.25. The minimum absolute atomic E-state index is 0.133. The number of nitrogens with two attached hydrogens (primary N) is 1. The summed E-state index contributed by atoms with van der Waals surface area (Å²) < 4.78 is 0. The lowest BCUT2D eigenvalue weighted by Gasteiger charge is -2.16. The predicted octanol–water partition coefficient (Wildman–Crippen LogP) is 2.80. The Bertz CT molecular complexity index is 915. The summed E-state index contributed by atoms with van der Waals surface area (Å²) >= 11 is 4.64. The van der Waals surface area contributed by atoms with E-state index in [0.717, 1.165) is 18.5 Å². The van der Waals surface area contributed by atoms with Crippen LogP contribution in [0.5, 0.6) is 0 Å². The summed E-state index contributed by atoms with van der Waals surface area (Å²) in [5.41, 5.74) is 8.59. The van der Waals surface area contributed by atoms with Crippen LogP contribution in [-0.4, -0.2) is 27.9 Å². The third kappa shape index (κ3) is 4.08. The second-order valence-electron chi connectivity index (χ2n) is 6.75. The lowest BCUT2D eigenvalue weighted by molar-refractivity contribution is 0.455. The quantitative estimate of drug-likeness (QED) is 0.499. The molecule has 2 aromatic heterocycles. The Labute approximate surface area is 157 Å². The maximum Gasteiger partial charge on any atom is 0.262 e. The molecule has 0 saturated heterocycles. The van der Waals surface area contributed by atoms with Crippen LogP contribution in [0.25, 0.3) is 11.0 Å². The van der Waals surface area contributed by atoms with Gasteiger partial charge in [0.15, 0.2) is 0 Å². The molecule has 1 aliphatic carbocycles. The molecule has 5 N–H and O–H groups in total. The highest BCUT2D eigenvalue weighted by Crippen LogP contribution is 2.47. The number of hydrogen-bond donors (Lipinski definition) is 4. The zero-order valence-electron chi connectivity index (χ0n) is 14.8. The summed E-state index contributed by atoms with van der Waals surface area (Å²) in [5, 5.41) is 4.10. The Morgan fingerprint density at radius 1 is 1.27 bits per heavy atom. The van der Waals surface area contributed by atoms with E-state index < -0.39 is 0 Å². The molecule has 3 aromatic rings. The SMILES string of the molecule is CCl.Nc1nc2[nH]cc(CNCC3(Cc4ccccc4)CC3)c2c(=O)[nH]1. The first-order chi connectivity index (χ1) is 12.7. The molecule has 0 radical (unpaired) electrons. The van der Waals surface area contributed by atoms with Gasteiger partial charge in [0.05, 0.1) is 5.39 Å². The number of nitrogen functional groups attached to an aromatic ring is 1. The summed E-state index contributed by atoms with van der Waals surface area (Å²) in [6, 6.07) is 10.6. The fraction of sp³-hybridized carbons (Fsp3) is 0.368. The summed E-state index contributed by atoms with van der Waals surface area (Å²) in [7, 11) is 0. The molecule has 4 rings (SSSR count). The number of nitrogens with zero attached hydrogens (tertiary/aromatic N) is 1. The molecule has 0 spiro atoms. The van der Waals surface area contributed by atoms with Gasteiger partial charge in [-0.2, -0.15) is 4.98 Å². The Hall–Kier alpha value is -2.31. The van der Waals surface area contributed by atoms with E-state index in [1.54, 1.807) is 0 Å². The molecule has 1 fully saturated rings. The minimum Gasteiger partial charge on any atom is -0.369 e. The molecule has 7 heteroatoms. The second kappa shape index (κ2) is 7.93. The number of aromatic amines is 2. The first-order valence-electron chi connectivity index (χ1n) is 8.63. The van der Waals surface area contributed by atoms with Gasteiger partial charge < -0.3 is 16.0 Å². The monoisotopic (exact) mass is 373 g/mol. The van der Waals surface area contributed by atoms with Crippen molar-refractivity contribution in [2.75, 3.05) is 18.7 Å². The van der Waals surface area contributed by atoms with Gasteiger partial charge in [-0.1, -0.05) is 30.3 Å². The normalized spacial score (nSPS) is 14.7. The van der Waals surface area contributed by atoms with Gasteiger partial charge >= 0.3 is 0 Å². The van der Waals surface area contributed by atoms with Crippen molar-refractivity contribution >= 4 is 28.6 Å². The standard InChI is InChI=1S/C18H21N5O.CH3Cl/c19-17-22-15-14(16(24)23-17)13(10-21-15)9-20-11-18(6-7-18)8-12-4-2-1-3-5-12;1-2/h1-5,10,20H,6-9,11H2,(H4,19,21,22,23,24);1H3. The second-order valence-corrected chi connectivity index (χ2v) is 6.75. The first-order valence-corrected chi connectivity index (χ1v) is 9.39. The van der Waals surface area contributed by atoms with Gasteiger partial charge in [0.2, 0.25) is 5.95 Å². The van der Waals surface area contributed by atoms with Crippen LogP contribution < -0.4 is 16.6 Å². The smallest absolute Gasteiger partial charge is 0.262 e. The Morgan fingerprint density at radius 2 is 2.00 bits per heavy atom. The Morgan fingerprint density at radius 3 is 2.69 bits per heavy atom. The van der Waals surface area contributed by atoms with Gasteiger partial charge in [-0.05, 0) is 35.8 Å². The molecule has 1 saturated carbocycles. The van der Waals surface area contributed by atoms with E-state index in [-0.39, 0.29) is 11.5 Å². The molecule has 0 amide bonds. The average molecular weight is 374 g/mol. The van der Waals surface area contributed by atoms with Crippen LogP contribution in [0.4, 0.5) is 5.95 Å². The van der Waals surface area contributed by atoms with Crippen LogP contribution >= 0.6 is 11.6 Å². The summed E-state index contributed by atoms with van der Waals surface area (Å²) in [6.45, 7) is 1.60. The Balaban J connectivity index is 0.000000948. The highest BCUT2D eigenvalue weighted by Gasteiger charge is 2.41. The van der Waals surface area contributed by atoms with E-state index >= 15 is 0 Å². The van der Waals surface area contributed by atoms with Crippen LogP contribution in [0.2, 0.25) is 0 Å². The van der Waals surface area contributed by atoms with Crippen molar-refractivity contribution in [3.05, 3.63) is 58.0 Å². The van der Waals surface area contributed by atoms with Crippen LogP contribution in [-0.2, 0) is 13.0 Å². The number of alkyl halides is 1. The van der Waals surface area contributed by atoms with Crippen LogP contribution in [0.15, 0.2) is 41.3 Å². The minimum atomic E-state index is -0.194. The third-order valence-corrected chi connectivity index (χ3v) is 4.84. The van der Waals surface area contributed by atoms with Gasteiger partial charge in [-0.15, -0.1) is 11.6 Å². The zero-order valence-corrected chi connectivity index (χ0v) is 15.6. The summed E-state index contributed by atoms with van der Waals surface area (Å²) in [4.78, 5) is 21.8. The van der Waals surface area contributed by atoms with E-state index in [1.807, 2.05) is 6.20 Å².